The molecular weight excluding hydrogens is 328 g/mol. The summed E-state index contributed by atoms with van der Waals surface area (Å²) in [5.41, 5.74) is 0.682. The van der Waals surface area contributed by atoms with Gasteiger partial charge in [0.05, 0.1) is 17.7 Å². The highest BCUT2D eigenvalue weighted by molar-refractivity contribution is 6.11. The fraction of sp³-hybridized carbons (Fsp3) is 0.312. The van der Waals surface area contributed by atoms with Crippen LogP contribution in [0.3, 0.4) is 0 Å². The smallest absolute Gasteiger partial charge is 0.254 e. The van der Waals surface area contributed by atoms with Crippen LogP contribution in [0.5, 0.6) is 0 Å². The lowest BCUT2D eigenvalue weighted by molar-refractivity contribution is -0.137. The van der Waals surface area contributed by atoms with Crippen LogP contribution in [0, 0.1) is 0 Å². The Labute approximate surface area is 142 Å². The number of carbonyl (C=O) groups excluding carboxylic acids is 5. The highest BCUT2D eigenvalue weighted by atomic mass is 16.2. The van der Waals surface area contributed by atoms with Gasteiger partial charge in [-0.05, 0) is 18.6 Å². The van der Waals surface area contributed by atoms with Gasteiger partial charge in [-0.15, -0.1) is 0 Å². The number of piperidine rings is 1. The van der Waals surface area contributed by atoms with Crippen LogP contribution in [0.1, 0.15) is 29.6 Å². The van der Waals surface area contributed by atoms with E-state index >= 15 is 0 Å². The third kappa shape index (κ3) is 3.65. The van der Waals surface area contributed by atoms with Gasteiger partial charge in [0, 0.05) is 6.42 Å². The van der Waals surface area contributed by atoms with E-state index in [0.717, 1.165) is 0 Å². The first-order valence-electron chi connectivity index (χ1n) is 7.78. The van der Waals surface area contributed by atoms with E-state index in [0.29, 0.717) is 11.3 Å². The Morgan fingerprint density at radius 1 is 1.08 bits per heavy atom. The lowest BCUT2D eigenvalue weighted by Gasteiger charge is -2.22. The van der Waals surface area contributed by atoms with E-state index in [2.05, 4.69) is 21.3 Å². The number of imide groups is 1. The molecule has 25 heavy (non-hydrogen) atoms. The molecule has 0 bridgehead atoms. The molecule has 9 nitrogen and oxygen atoms in total. The number of carbonyl (C=O) groups is 5. The number of amides is 5. The monoisotopic (exact) mass is 344 g/mol. The van der Waals surface area contributed by atoms with Crippen molar-refractivity contribution in [1.29, 1.82) is 0 Å². The highest BCUT2D eigenvalue weighted by Gasteiger charge is 2.32. The minimum absolute atomic E-state index is 0.132. The molecule has 2 aliphatic heterocycles. The van der Waals surface area contributed by atoms with E-state index in [4.69, 9.17) is 0 Å². The molecule has 9 heteroatoms. The largest absolute Gasteiger partial charge is 0.344 e. The lowest BCUT2D eigenvalue weighted by atomic mass is 10.1. The molecule has 2 aliphatic rings. The van der Waals surface area contributed by atoms with Crippen molar-refractivity contribution in [2.45, 2.75) is 31.3 Å². The Kier molecular flexibility index (Phi) is 4.46. The topological polar surface area (TPSA) is 133 Å². The molecule has 0 aliphatic carbocycles. The Morgan fingerprint density at radius 2 is 1.84 bits per heavy atom. The third-order valence-corrected chi connectivity index (χ3v) is 4.02. The van der Waals surface area contributed by atoms with Crippen LogP contribution in [0.25, 0.3) is 0 Å². The van der Waals surface area contributed by atoms with Gasteiger partial charge in [-0.3, -0.25) is 29.3 Å². The van der Waals surface area contributed by atoms with Gasteiger partial charge in [0.25, 0.3) is 5.91 Å². The normalized spacial score (nSPS) is 22.9. The van der Waals surface area contributed by atoms with E-state index in [-0.39, 0.29) is 25.2 Å². The molecule has 2 heterocycles. The molecule has 3 rings (SSSR count). The summed E-state index contributed by atoms with van der Waals surface area (Å²) in [5, 5.41) is 9.72. The average Bonchev–Trinajstić information content (AvgIpc) is 2.68. The molecule has 2 unspecified atom stereocenters. The number of para-hydroxylation sites is 1. The first-order valence-corrected chi connectivity index (χ1v) is 7.78. The van der Waals surface area contributed by atoms with Crippen LogP contribution in [0.2, 0.25) is 0 Å². The van der Waals surface area contributed by atoms with Gasteiger partial charge in [0.15, 0.2) is 0 Å². The van der Waals surface area contributed by atoms with Crippen molar-refractivity contribution in [3.8, 4) is 0 Å². The van der Waals surface area contributed by atoms with Crippen LogP contribution in [-0.2, 0) is 19.2 Å². The molecular formula is C16H16N4O5. The molecule has 5 amide bonds. The predicted octanol–water partition coefficient (Wildman–Crippen LogP) is -0.951. The number of nitrogens with one attached hydrogen (secondary N) is 4. The van der Waals surface area contributed by atoms with Crippen LogP contribution in [0.15, 0.2) is 24.3 Å². The average molecular weight is 344 g/mol. The lowest BCUT2D eigenvalue weighted by Crippen LogP contribution is -2.53. The summed E-state index contributed by atoms with van der Waals surface area (Å²) >= 11 is 0. The summed E-state index contributed by atoms with van der Waals surface area (Å²) < 4.78 is 0. The molecule has 0 aromatic heterocycles. The fourth-order valence-electron chi connectivity index (χ4n) is 2.73. The second-order valence-electron chi connectivity index (χ2n) is 5.84. The standard InChI is InChI=1S/C16H16N4O5/c21-12-6-5-10(15(24)20-12)17-13(22)7-11-16(25)18-9-4-2-1-3-8(9)14(23)19-11/h1-4,10-11H,5-7H2,(H,17,22)(H,18,25)(H,19,23)(H,20,21,24). The number of rotatable bonds is 3. The molecule has 0 spiro atoms. The van der Waals surface area contributed by atoms with Crippen molar-refractivity contribution in [3.05, 3.63) is 29.8 Å². The van der Waals surface area contributed by atoms with Crippen molar-refractivity contribution in [2.75, 3.05) is 5.32 Å². The zero-order valence-electron chi connectivity index (χ0n) is 13.1. The Morgan fingerprint density at radius 3 is 2.60 bits per heavy atom. The summed E-state index contributed by atoms with van der Waals surface area (Å²) in [4.78, 5) is 59.3. The van der Waals surface area contributed by atoms with E-state index < -0.39 is 35.7 Å². The minimum Gasteiger partial charge on any atom is -0.344 e. The summed E-state index contributed by atoms with van der Waals surface area (Å²) in [6, 6.07) is 4.62. The molecule has 2 atom stereocenters. The van der Waals surface area contributed by atoms with Gasteiger partial charge in [0.2, 0.25) is 23.6 Å². The van der Waals surface area contributed by atoms with Crippen molar-refractivity contribution >= 4 is 35.2 Å². The Hall–Kier alpha value is -3.23. The van der Waals surface area contributed by atoms with Crippen molar-refractivity contribution in [3.63, 3.8) is 0 Å². The maximum Gasteiger partial charge on any atom is 0.254 e. The number of fused-ring (bicyclic) bond motifs is 1. The van der Waals surface area contributed by atoms with Crippen molar-refractivity contribution in [2.24, 2.45) is 0 Å². The fourth-order valence-corrected chi connectivity index (χ4v) is 2.73. The summed E-state index contributed by atoms with van der Waals surface area (Å²) in [5.74, 6) is -2.51. The number of benzene rings is 1. The van der Waals surface area contributed by atoms with Crippen molar-refractivity contribution in [1.82, 2.24) is 16.0 Å². The first kappa shape index (κ1) is 16.6. The molecule has 1 saturated heterocycles. The molecule has 0 saturated carbocycles. The maximum atomic E-state index is 12.2. The van der Waals surface area contributed by atoms with E-state index in [1.54, 1.807) is 24.3 Å². The maximum absolute atomic E-state index is 12.2. The zero-order valence-corrected chi connectivity index (χ0v) is 13.1. The van der Waals surface area contributed by atoms with E-state index in [1.165, 1.54) is 0 Å². The van der Waals surface area contributed by atoms with Crippen LogP contribution in [0.4, 0.5) is 5.69 Å². The number of anilines is 1. The van der Waals surface area contributed by atoms with E-state index in [1.807, 2.05) is 0 Å². The van der Waals surface area contributed by atoms with Gasteiger partial charge in [0.1, 0.15) is 12.1 Å². The highest BCUT2D eigenvalue weighted by Crippen LogP contribution is 2.18. The van der Waals surface area contributed by atoms with Crippen LogP contribution >= 0.6 is 0 Å². The summed E-state index contributed by atoms with van der Waals surface area (Å²) in [7, 11) is 0. The second kappa shape index (κ2) is 6.71. The minimum atomic E-state index is -1.06. The van der Waals surface area contributed by atoms with E-state index in [9.17, 15) is 24.0 Å². The van der Waals surface area contributed by atoms with Gasteiger partial charge in [-0.25, -0.2) is 0 Å². The number of hydrogen-bond donors (Lipinski definition) is 4. The quantitative estimate of drug-likeness (QED) is 0.525. The molecule has 1 aromatic rings. The Balaban J connectivity index is 1.64. The molecule has 1 aromatic carbocycles. The summed E-state index contributed by atoms with van der Waals surface area (Å²) in [6.07, 6.45) is 0.0149. The molecule has 1 fully saturated rings. The zero-order chi connectivity index (χ0) is 18.0. The van der Waals surface area contributed by atoms with Gasteiger partial charge >= 0.3 is 0 Å². The molecule has 4 N–H and O–H groups in total. The van der Waals surface area contributed by atoms with Crippen LogP contribution < -0.4 is 21.3 Å². The molecule has 130 valence electrons. The van der Waals surface area contributed by atoms with Crippen LogP contribution in [-0.4, -0.2) is 41.6 Å². The second-order valence-corrected chi connectivity index (χ2v) is 5.84. The predicted molar refractivity (Wildman–Crippen MR) is 85.3 cm³/mol. The summed E-state index contributed by atoms with van der Waals surface area (Å²) in [6.45, 7) is 0. The molecule has 0 radical (unpaired) electrons. The van der Waals surface area contributed by atoms with Gasteiger partial charge in [-0.1, -0.05) is 12.1 Å². The van der Waals surface area contributed by atoms with Gasteiger partial charge < -0.3 is 16.0 Å². The third-order valence-electron chi connectivity index (χ3n) is 4.02. The SMILES string of the molecule is O=C1CCC(NC(=O)CC2NC(=O)c3ccccc3NC2=O)C(=O)N1. The Bertz CT molecular complexity index is 776. The van der Waals surface area contributed by atoms with Crippen molar-refractivity contribution < 1.29 is 24.0 Å². The first-order chi connectivity index (χ1) is 11.9. The van der Waals surface area contributed by atoms with Gasteiger partial charge in [-0.2, -0.15) is 0 Å². The number of hydrogen-bond acceptors (Lipinski definition) is 5.